The minimum Gasteiger partial charge on any atom is -0.481 e. The van der Waals surface area contributed by atoms with Gasteiger partial charge in [-0.1, -0.05) is 18.2 Å². The Morgan fingerprint density at radius 3 is 2.53 bits per heavy atom. The van der Waals surface area contributed by atoms with Crippen molar-refractivity contribution >= 4 is 17.6 Å². The van der Waals surface area contributed by atoms with Crippen molar-refractivity contribution in [3.05, 3.63) is 30.3 Å². The summed E-state index contributed by atoms with van der Waals surface area (Å²) in [5.41, 5.74) is 6.33. The molecule has 0 aliphatic heterocycles. The number of hydrogen-bond donors (Lipinski definition) is 2. The molecule has 0 heterocycles. The monoisotopic (exact) mass is 266 g/mol. The minimum absolute atomic E-state index is 0.0790. The van der Waals surface area contributed by atoms with Gasteiger partial charge in [0.15, 0.2) is 0 Å². The Hall–Kier alpha value is -1.92. The first kappa shape index (κ1) is 15.1. The van der Waals surface area contributed by atoms with E-state index in [1.165, 1.54) is 12.0 Å². The fourth-order valence-electron chi connectivity index (χ4n) is 1.63. The Bertz CT molecular complexity index is 422. The van der Waals surface area contributed by atoms with Crippen molar-refractivity contribution in [2.24, 2.45) is 5.73 Å². The number of methoxy groups -OCH3 is 1. The molecule has 0 saturated heterocycles. The third kappa shape index (κ3) is 4.69. The molecule has 0 aromatic heterocycles. The number of nitrogens with zero attached hydrogens (tertiary/aromatic N) is 1. The molecule has 104 valence electrons. The van der Waals surface area contributed by atoms with E-state index < -0.39 is 12.0 Å². The third-order valence-corrected chi connectivity index (χ3v) is 2.55. The molecule has 1 amide bonds. The summed E-state index contributed by atoms with van der Waals surface area (Å²) in [5, 5.41) is 8.74. The fraction of sp³-hybridized carbons (Fsp3) is 0.385. The average molecular weight is 266 g/mol. The van der Waals surface area contributed by atoms with Gasteiger partial charge < -0.3 is 20.5 Å². The van der Waals surface area contributed by atoms with Crippen LogP contribution in [0.25, 0.3) is 0 Å². The van der Waals surface area contributed by atoms with Crippen LogP contribution in [0.2, 0.25) is 0 Å². The van der Waals surface area contributed by atoms with Crippen LogP contribution in [-0.2, 0) is 14.3 Å². The highest BCUT2D eigenvalue weighted by atomic mass is 16.5. The Morgan fingerprint density at radius 1 is 1.37 bits per heavy atom. The van der Waals surface area contributed by atoms with E-state index in [9.17, 15) is 9.59 Å². The molecule has 1 aromatic rings. The molecular weight excluding hydrogens is 248 g/mol. The number of carboxylic acid groups (broad SMARTS) is 1. The average Bonchev–Trinajstić information content (AvgIpc) is 2.40. The highest BCUT2D eigenvalue weighted by Crippen LogP contribution is 2.14. The second-order valence-corrected chi connectivity index (χ2v) is 4.03. The van der Waals surface area contributed by atoms with Crippen LogP contribution in [0.3, 0.4) is 0 Å². The number of anilines is 1. The van der Waals surface area contributed by atoms with E-state index in [4.69, 9.17) is 15.6 Å². The summed E-state index contributed by atoms with van der Waals surface area (Å²) in [6.45, 7) is 0.171. The normalized spacial score (nSPS) is 11.9. The Kier molecular flexibility index (Phi) is 5.98. The van der Waals surface area contributed by atoms with Gasteiger partial charge in [-0.25, -0.2) is 0 Å². The van der Waals surface area contributed by atoms with E-state index in [0.717, 1.165) is 0 Å². The first-order valence-electron chi connectivity index (χ1n) is 5.89. The molecule has 0 bridgehead atoms. The number of carbonyl (C=O) groups excluding carboxylic acids is 1. The largest absolute Gasteiger partial charge is 0.481 e. The first-order chi connectivity index (χ1) is 9.06. The van der Waals surface area contributed by atoms with Gasteiger partial charge in [0, 0.05) is 19.3 Å². The number of amides is 1. The highest BCUT2D eigenvalue weighted by molar-refractivity contribution is 5.97. The van der Waals surface area contributed by atoms with E-state index >= 15 is 0 Å². The number of rotatable bonds is 7. The Morgan fingerprint density at radius 2 is 2.00 bits per heavy atom. The van der Waals surface area contributed by atoms with Crippen molar-refractivity contribution in [3.8, 4) is 0 Å². The maximum Gasteiger partial charge on any atom is 0.305 e. The van der Waals surface area contributed by atoms with Crippen molar-refractivity contribution in [3.63, 3.8) is 0 Å². The lowest BCUT2D eigenvalue weighted by Crippen LogP contribution is -2.47. The summed E-state index contributed by atoms with van der Waals surface area (Å²) in [5.74, 6) is -1.32. The number of para-hydroxylation sites is 1. The Balaban J connectivity index is 2.86. The van der Waals surface area contributed by atoms with Crippen molar-refractivity contribution in [1.82, 2.24) is 0 Å². The van der Waals surface area contributed by atoms with Gasteiger partial charge in [-0.05, 0) is 12.1 Å². The second kappa shape index (κ2) is 7.50. The second-order valence-electron chi connectivity index (χ2n) is 4.03. The number of benzene rings is 1. The SMILES string of the molecule is COCC(N)C(=O)N(CCC(=O)O)c1ccccc1. The quantitative estimate of drug-likeness (QED) is 0.748. The van der Waals surface area contributed by atoms with Crippen LogP contribution >= 0.6 is 0 Å². The van der Waals surface area contributed by atoms with Gasteiger partial charge in [-0.15, -0.1) is 0 Å². The van der Waals surface area contributed by atoms with Crippen molar-refractivity contribution in [2.75, 3.05) is 25.2 Å². The lowest BCUT2D eigenvalue weighted by Gasteiger charge is -2.25. The molecule has 0 spiro atoms. The molecule has 0 fully saturated rings. The van der Waals surface area contributed by atoms with Crippen LogP contribution in [-0.4, -0.2) is 43.3 Å². The van der Waals surface area contributed by atoms with Crippen LogP contribution in [0, 0.1) is 0 Å². The van der Waals surface area contributed by atoms with Gasteiger partial charge >= 0.3 is 5.97 Å². The van der Waals surface area contributed by atoms with Crippen molar-refractivity contribution in [1.29, 1.82) is 0 Å². The van der Waals surface area contributed by atoms with Gasteiger partial charge in [0.2, 0.25) is 5.91 Å². The zero-order chi connectivity index (χ0) is 14.3. The van der Waals surface area contributed by atoms with Crippen LogP contribution in [0.4, 0.5) is 5.69 Å². The summed E-state index contributed by atoms with van der Waals surface area (Å²) < 4.78 is 4.85. The standard InChI is InChI=1S/C13H18N2O4/c1-19-9-11(14)13(18)15(8-7-12(16)17)10-5-3-2-4-6-10/h2-6,11H,7-9,14H2,1H3,(H,16,17). The van der Waals surface area contributed by atoms with Gasteiger partial charge in [0.05, 0.1) is 13.0 Å². The molecule has 6 heteroatoms. The van der Waals surface area contributed by atoms with Gasteiger partial charge in [0.25, 0.3) is 0 Å². The predicted molar refractivity (Wildman–Crippen MR) is 70.9 cm³/mol. The lowest BCUT2D eigenvalue weighted by atomic mass is 10.2. The highest BCUT2D eigenvalue weighted by Gasteiger charge is 2.22. The molecule has 1 aromatic carbocycles. The smallest absolute Gasteiger partial charge is 0.305 e. The maximum absolute atomic E-state index is 12.2. The lowest BCUT2D eigenvalue weighted by molar-refractivity contribution is -0.136. The topological polar surface area (TPSA) is 92.9 Å². The maximum atomic E-state index is 12.2. The zero-order valence-electron chi connectivity index (χ0n) is 10.8. The number of aliphatic carboxylic acids is 1. The van der Waals surface area contributed by atoms with Gasteiger partial charge in [0.1, 0.15) is 6.04 Å². The van der Waals surface area contributed by atoms with Crippen molar-refractivity contribution in [2.45, 2.75) is 12.5 Å². The molecule has 1 unspecified atom stereocenters. The van der Waals surface area contributed by atoms with Crippen LogP contribution in [0.1, 0.15) is 6.42 Å². The molecule has 1 atom stereocenters. The molecule has 19 heavy (non-hydrogen) atoms. The van der Waals surface area contributed by atoms with Gasteiger partial charge in [-0.2, -0.15) is 0 Å². The summed E-state index contributed by atoms with van der Waals surface area (Å²) in [7, 11) is 1.46. The van der Waals surface area contributed by atoms with E-state index in [2.05, 4.69) is 0 Å². The summed E-state index contributed by atoms with van der Waals surface area (Å²) in [6.07, 6.45) is -0.139. The molecular formula is C13H18N2O4. The van der Waals surface area contributed by atoms with E-state index in [1.807, 2.05) is 6.07 Å². The molecule has 0 radical (unpaired) electrons. The van der Waals surface area contributed by atoms with Crippen LogP contribution in [0.15, 0.2) is 30.3 Å². The fourth-order valence-corrected chi connectivity index (χ4v) is 1.63. The third-order valence-electron chi connectivity index (χ3n) is 2.55. The van der Waals surface area contributed by atoms with E-state index in [-0.39, 0.29) is 25.5 Å². The van der Waals surface area contributed by atoms with Crippen LogP contribution < -0.4 is 10.6 Å². The number of carboxylic acids is 1. The molecule has 0 aliphatic rings. The first-order valence-corrected chi connectivity index (χ1v) is 5.89. The number of ether oxygens (including phenoxy) is 1. The minimum atomic E-state index is -0.964. The summed E-state index contributed by atoms with van der Waals surface area (Å²) >= 11 is 0. The Labute approximate surface area is 111 Å². The van der Waals surface area contributed by atoms with E-state index in [0.29, 0.717) is 5.69 Å². The number of hydrogen-bond acceptors (Lipinski definition) is 4. The molecule has 1 rings (SSSR count). The molecule has 0 aliphatic carbocycles. The molecule has 3 N–H and O–H groups in total. The molecule has 0 saturated carbocycles. The predicted octanol–water partition coefficient (Wildman–Crippen LogP) is 0.468. The van der Waals surface area contributed by atoms with E-state index in [1.54, 1.807) is 24.3 Å². The van der Waals surface area contributed by atoms with Gasteiger partial charge in [-0.3, -0.25) is 9.59 Å². The number of nitrogens with two attached hydrogens (primary N) is 1. The number of carbonyl (C=O) groups is 2. The zero-order valence-corrected chi connectivity index (χ0v) is 10.8. The van der Waals surface area contributed by atoms with Crippen molar-refractivity contribution < 1.29 is 19.4 Å². The molecule has 6 nitrogen and oxygen atoms in total. The van der Waals surface area contributed by atoms with Crippen LogP contribution in [0.5, 0.6) is 0 Å². The summed E-state index contributed by atoms with van der Waals surface area (Å²) in [4.78, 5) is 24.2. The summed E-state index contributed by atoms with van der Waals surface area (Å²) in [6, 6.07) is 8.03.